The van der Waals surface area contributed by atoms with E-state index >= 15 is 0 Å². The number of nitrogens with one attached hydrogen (secondary N) is 1. The molecule has 0 fully saturated rings. The first-order valence-electron chi connectivity index (χ1n) is 10.9. The maximum Gasteiger partial charge on any atom is 0.258 e. The van der Waals surface area contributed by atoms with Gasteiger partial charge in [0.05, 0.1) is 6.04 Å². The molecule has 1 amide bonds. The molecule has 4 nitrogen and oxygen atoms in total. The Bertz CT molecular complexity index is 1030. The van der Waals surface area contributed by atoms with E-state index in [0.717, 1.165) is 42.7 Å². The van der Waals surface area contributed by atoms with Crippen LogP contribution in [0.15, 0.2) is 72.8 Å². The topological polar surface area (TPSA) is 41.6 Å². The molecule has 31 heavy (non-hydrogen) atoms. The first-order chi connectivity index (χ1) is 15.1. The summed E-state index contributed by atoms with van der Waals surface area (Å²) in [5.74, 6) is 0.678. The largest absolute Gasteiger partial charge is 0.483 e. The number of benzene rings is 3. The summed E-state index contributed by atoms with van der Waals surface area (Å²) < 4.78 is 5.98. The van der Waals surface area contributed by atoms with Crippen LogP contribution in [0.3, 0.4) is 0 Å². The second-order valence-corrected chi connectivity index (χ2v) is 8.43. The van der Waals surface area contributed by atoms with Gasteiger partial charge in [-0.3, -0.25) is 4.79 Å². The highest BCUT2D eigenvalue weighted by Crippen LogP contribution is 2.30. The van der Waals surface area contributed by atoms with Crippen molar-refractivity contribution in [1.82, 2.24) is 10.2 Å². The summed E-state index contributed by atoms with van der Waals surface area (Å²) in [6.07, 6.45) is 3.15. The van der Waals surface area contributed by atoms with E-state index in [0.29, 0.717) is 0 Å². The van der Waals surface area contributed by atoms with Crippen LogP contribution in [-0.4, -0.2) is 31.5 Å². The lowest BCUT2D eigenvalue weighted by atomic mass is 9.88. The normalized spacial score (nSPS) is 15.4. The lowest BCUT2D eigenvalue weighted by Gasteiger charge is -2.26. The highest BCUT2D eigenvalue weighted by Gasteiger charge is 2.21. The molecule has 1 N–H and O–H groups in total. The Labute approximate surface area is 184 Å². The molecule has 0 spiro atoms. The predicted molar refractivity (Wildman–Crippen MR) is 125 cm³/mol. The van der Waals surface area contributed by atoms with Crippen LogP contribution in [-0.2, 0) is 17.8 Å². The number of carbonyl (C=O) groups is 1. The molecule has 3 aromatic carbocycles. The molecule has 160 valence electrons. The van der Waals surface area contributed by atoms with Crippen molar-refractivity contribution in [3.8, 4) is 16.9 Å². The molecule has 3 aromatic rings. The lowest BCUT2D eigenvalue weighted by molar-refractivity contribution is -0.124. The van der Waals surface area contributed by atoms with Gasteiger partial charge in [0.25, 0.3) is 5.91 Å². The maximum atomic E-state index is 12.7. The zero-order valence-corrected chi connectivity index (χ0v) is 18.3. The van der Waals surface area contributed by atoms with E-state index in [1.807, 2.05) is 44.4 Å². The zero-order chi connectivity index (χ0) is 21.6. The fourth-order valence-electron chi connectivity index (χ4n) is 4.28. The summed E-state index contributed by atoms with van der Waals surface area (Å²) in [4.78, 5) is 14.8. The van der Waals surface area contributed by atoms with Crippen LogP contribution in [0.5, 0.6) is 5.75 Å². The van der Waals surface area contributed by atoms with Crippen LogP contribution < -0.4 is 10.1 Å². The fraction of sp³-hybridized carbons (Fsp3) is 0.296. The van der Waals surface area contributed by atoms with E-state index in [9.17, 15) is 4.79 Å². The van der Waals surface area contributed by atoms with Gasteiger partial charge in [-0.15, -0.1) is 0 Å². The summed E-state index contributed by atoms with van der Waals surface area (Å²) in [5.41, 5.74) is 5.96. The van der Waals surface area contributed by atoms with Crippen molar-refractivity contribution in [1.29, 1.82) is 0 Å². The summed E-state index contributed by atoms with van der Waals surface area (Å²) in [6.45, 7) is 0.761. The van der Waals surface area contributed by atoms with Crippen molar-refractivity contribution in [2.45, 2.75) is 31.8 Å². The van der Waals surface area contributed by atoms with Crippen molar-refractivity contribution in [2.24, 2.45) is 0 Å². The molecular formula is C27H30N2O2. The van der Waals surface area contributed by atoms with Gasteiger partial charge in [-0.2, -0.15) is 0 Å². The molecule has 1 unspecified atom stereocenters. The van der Waals surface area contributed by atoms with Gasteiger partial charge in [0.2, 0.25) is 0 Å². The van der Waals surface area contributed by atoms with Crippen molar-refractivity contribution in [3.63, 3.8) is 0 Å². The number of rotatable bonds is 7. The van der Waals surface area contributed by atoms with Crippen LogP contribution in [0.4, 0.5) is 0 Å². The molecule has 4 heteroatoms. The molecule has 0 saturated heterocycles. The number of fused-ring (bicyclic) bond motifs is 1. The molecule has 0 radical (unpaired) electrons. The minimum Gasteiger partial charge on any atom is -0.483 e. The lowest BCUT2D eigenvalue weighted by Crippen LogP contribution is -2.34. The standard InChI is InChI=1S/C27H30N2O2/c1-29(2)18-23-17-22(20-9-4-3-5-10-20)15-16-26(23)31-19-27(30)28-25-14-8-12-21-11-6-7-13-24(21)25/h3-7,9-11,13,15-17,25H,8,12,14,18-19H2,1-2H3,(H,28,30). The van der Waals surface area contributed by atoms with E-state index in [1.54, 1.807) is 0 Å². The van der Waals surface area contributed by atoms with Gasteiger partial charge in [0.1, 0.15) is 5.75 Å². The molecule has 1 aliphatic rings. The summed E-state index contributed by atoms with van der Waals surface area (Å²) >= 11 is 0. The van der Waals surface area contributed by atoms with Crippen molar-refractivity contribution in [2.75, 3.05) is 20.7 Å². The van der Waals surface area contributed by atoms with Crippen LogP contribution in [0, 0.1) is 0 Å². The smallest absolute Gasteiger partial charge is 0.258 e. The number of amides is 1. The van der Waals surface area contributed by atoms with E-state index in [4.69, 9.17) is 4.74 Å². The number of carbonyl (C=O) groups excluding carboxylic acids is 1. The molecule has 1 aliphatic carbocycles. The Morgan fingerprint density at radius 3 is 2.58 bits per heavy atom. The Morgan fingerprint density at radius 1 is 1.00 bits per heavy atom. The van der Waals surface area contributed by atoms with Gasteiger partial charge in [-0.05, 0) is 67.7 Å². The van der Waals surface area contributed by atoms with Gasteiger partial charge in [-0.25, -0.2) is 0 Å². The molecule has 0 heterocycles. The van der Waals surface area contributed by atoms with Crippen molar-refractivity contribution < 1.29 is 9.53 Å². The first-order valence-corrected chi connectivity index (χ1v) is 10.9. The van der Waals surface area contributed by atoms with Gasteiger partial charge in [0, 0.05) is 12.1 Å². The number of hydrogen-bond acceptors (Lipinski definition) is 3. The van der Waals surface area contributed by atoms with E-state index in [-0.39, 0.29) is 18.6 Å². The van der Waals surface area contributed by atoms with E-state index in [1.165, 1.54) is 16.7 Å². The van der Waals surface area contributed by atoms with Crippen LogP contribution >= 0.6 is 0 Å². The van der Waals surface area contributed by atoms with Crippen LogP contribution in [0.2, 0.25) is 0 Å². The number of ether oxygens (including phenoxy) is 1. The average Bonchev–Trinajstić information content (AvgIpc) is 2.79. The molecule has 4 rings (SSSR count). The number of hydrogen-bond donors (Lipinski definition) is 1. The van der Waals surface area contributed by atoms with Crippen molar-refractivity contribution >= 4 is 5.91 Å². The summed E-state index contributed by atoms with van der Waals surface area (Å²) in [7, 11) is 4.07. The van der Waals surface area contributed by atoms with Gasteiger partial charge >= 0.3 is 0 Å². The highest BCUT2D eigenvalue weighted by molar-refractivity contribution is 5.78. The highest BCUT2D eigenvalue weighted by atomic mass is 16.5. The van der Waals surface area contributed by atoms with E-state index < -0.39 is 0 Å². The minimum absolute atomic E-state index is 0.0176. The Balaban J connectivity index is 1.44. The molecule has 1 atom stereocenters. The van der Waals surface area contributed by atoms with E-state index in [2.05, 4.69) is 52.7 Å². The number of aryl methyl sites for hydroxylation is 1. The third-order valence-corrected chi connectivity index (χ3v) is 5.72. The maximum absolute atomic E-state index is 12.7. The SMILES string of the molecule is CN(C)Cc1cc(-c2ccccc2)ccc1OCC(=O)NC1CCCc2ccccc21. The van der Waals surface area contributed by atoms with Crippen molar-refractivity contribution in [3.05, 3.63) is 89.5 Å². The minimum atomic E-state index is -0.0790. The monoisotopic (exact) mass is 414 g/mol. The third kappa shape index (κ3) is 5.33. The first kappa shape index (κ1) is 21.1. The molecule has 0 saturated carbocycles. The fourth-order valence-corrected chi connectivity index (χ4v) is 4.28. The molecular weight excluding hydrogens is 384 g/mol. The summed E-state index contributed by atoms with van der Waals surface area (Å²) in [5, 5.41) is 3.17. The average molecular weight is 415 g/mol. The quantitative estimate of drug-likeness (QED) is 0.592. The number of nitrogens with zero attached hydrogens (tertiary/aromatic N) is 1. The second kappa shape index (κ2) is 9.80. The molecule has 0 aromatic heterocycles. The summed E-state index contributed by atoms with van der Waals surface area (Å²) in [6, 6.07) is 25.0. The molecule has 0 bridgehead atoms. The van der Waals surface area contributed by atoms with Gasteiger partial charge in [0.15, 0.2) is 6.61 Å². The predicted octanol–water partition coefficient (Wildman–Crippen LogP) is 4.99. The Morgan fingerprint density at radius 2 is 1.77 bits per heavy atom. The van der Waals surface area contributed by atoms with Gasteiger partial charge < -0.3 is 15.0 Å². The Kier molecular flexibility index (Phi) is 6.68. The third-order valence-electron chi connectivity index (χ3n) is 5.72. The van der Waals surface area contributed by atoms with Crippen LogP contribution in [0.1, 0.15) is 35.6 Å². The Hall–Kier alpha value is -3.11. The molecule has 0 aliphatic heterocycles. The zero-order valence-electron chi connectivity index (χ0n) is 18.3. The van der Waals surface area contributed by atoms with Gasteiger partial charge in [-0.1, -0.05) is 60.7 Å². The second-order valence-electron chi connectivity index (χ2n) is 8.43. The van der Waals surface area contributed by atoms with Crippen LogP contribution in [0.25, 0.3) is 11.1 Å².